The molecular weight excluding hydrogens is 903 g/mol. The van der Waals surface area contributed by atoms with Crippen molar-refractivity contribution in [2.45, 2.75) is 185 Å². The number of hydrogen-bond donors (Lipinski definition) is 0. The summed E-state index contributed by atoms with van der Waals surface area (Å²) < 4.78 is 68.0. The van der Waals surface area contributed by atoms with E-state index in [-0.39, 0.29) is 65.2 Å². The molecule has 0 spiro atoms. The Morgan fingerprint density at radius 3 is 1.96 bits per heavy atom. The lowest BCUT2D eigenvalue weighted by Gasteiger charge is -2.43. The fraction of sp³-hybridized carbons (Fsp3) is 0.596. The highest BCUT2D eigenvalue weighted by Gasteiger charge is 2.52. The Morgan fingerprint density at radius 1 is 0.768 bits per heavy atom. The molecule has 10 nitrogen and oxygen atoms in total. The third-order valence-electron chi connectivity index (χ3n) is 15.1. The SMILES string of the molecule is C=C1C[C@H](CCCO[Si](c2ccccc2)(c2ccccc2)C(C)(C)C)OC1CC[C@H]1C[C@@H](C)C(=C)[C@@H](C[C@@H]2OC(C[C@H]3CN(C(=O)OC(C)(C)C)C(C)(C)O3)[C@H](C)[C@H]2CS(=O)(=O)c2ccccc2)O1. The van der Waals surface area contributed by atoms with E-state index < -0.39 is 41.7 Å². The van der Waals surface area contributed by atoms with Crippen LogP contribution in [0.2, 0.25) is 5.04 Å². The highest BCUT2D eigenvalue weighted by atomic mass is 32.2. The van der Waals surface area contributed by atoms with E-state index >= 15 is 0 Å². The van der Waals surface area contributed by atoms with Gasteiger partial charge in [0.25, 0.3) is 8.32 Å². The van der Waals surface area contributed by atoms with Crippen LogP contribution in [0.4, 0.5) is 4.79 Å². The molecule has 0 aromatic heterocycles. The molecule has 0 radical (unpaired) electrons. The summed E-state index contributed by atoms with van der Waals surface area (Å²) in [5.74, 6) is -0.238. The molecule has 2 unspecified atom stereocenters. The van der Waals surface area contributed by atoms with Gasteiger partial charge in [-0.25, -0.2) is 13.2 Å². The Morgan fingerprint density at radius 2 is 1.36 bits per heavy atom. The van der Waals surface area contributed by atoms with E-state index in [9.17, 15) is 13.2 Å². The highest BCUT2D eigenvalue weighted by molar-refractivity contribution is 7.91. The van der Waals surface area contributed by atoms with Gasteiger partial charge in [0.05, 0.1) is 59.9 Å². The average molecular weight is 984 g/mol. The van der Waals surface area contributed by atoms with E-state index in [1.165, 1.54) is 10.4 Å². The lowest BCUT2D eigenvalue weighted by molar-refractivity contribution is -0.0948. The molecule has 69 heavy (non-hydrogen) atoms. The lowest BCUT2D eigenvalue weighted by atomic mass is 9.82. The Bertz CT molecular complexity index is 2270. The Kier molecular flexibility index (Phi) is 16.7. The molecule has 10 atom stereocenters. The van der Waals surface area contributed by atoms with Gasteiger partial charge in [-0.2, -0.15) is 0 Å². The molecule has 0 bridgehead atoms. The minimum absolute atomic E-state index is 0.0140. The van der Waals surface area contributed by atoms with Crippen molar-refractivity contribution in [2.75, 3.05) is 18.9 Å². The molecule has 3 aromatic carbocycles. The molecule has 1 amide bonds. The van der Waals surface area contributed by atoms with Crippen LogP contribution in [0.5, 0.6) is 0 Å². The Hall–Kier alpha value is -3.62. The number of carbonyl (C=O) groups excluding carboxylic acids is 1. The highest BCUT2D eigenvalue weighted by Crippen LogP contribution is 2.44. The maximum absolute atomic E-state index is 14.0. The first-order valence-corrected chi connectivity index (χ1v) is 29.1. The summed E-state index contributed by atoms with van der Waals surface area (Å²) in [6, 6.07) is 30.3. The van der Waals surface area contributed by atoms with Gasteiger partial charge in [0.1, 0.15) is 11.3 Å². The normalized spacial score (nSPS) is 28.9. The summed E-state index contributed by atoms with van der Waals surface area (Å²) in [6.07, 6.45) is 4.49. The molecular formula is C57H81NO9SSi. The zero-order chi connectivity index (χ0) is 49.9. The van der Waals surface area contributed by atoms with Crippen molar-refractivity contribution in [1.29, 1.82) is 0 Å². The van der Waals surface area contributed by atoms with Gasteiger partial charge in [0.15, 0.2) is 9.84 Å². The zero-order valence-electron chi connectivity index (χ0n) is 43.2. The minimum Gasteiger partial charge on any atom is -0.444 e. The first-order chi connectivity index (χ1) is 32.5. The Labute approximate surface area is 415 Å². The monoisotopic (exact) mass is 984 g/mol. The maximum Gasteiger partial charge on any atom is 0.412 e. The molecule has 0 N–H and O–H groups in total. The first kappa shape index (κ1) is 53.2. The predicted octanol–water partition coefficient (Wildman–Crippen LogP) is 10.8. The van der Waals surface area contributed by atoms with Crippen molar-refractivity contribution in [2.24, 2.45) is 17.8 Å². The third-order valence-corrected chi connectivity index (χ3v) is 22.0. The molecule has 3 aromatic rings. The number of benzene rings is 3. The van der Waals surface area contributed by atoms with E-state index in [0.717, 1.165) is 49.7 Å². The molecule has 378 valence electrons. The largest absolute Gasteiger partial charge is 0.444 e. The first-order valence-electron chi connectivity index (χ1n) is 25.5. The summed E-state index contributed by atoms with van der Waals surface area (Å²) in [4.78, 5) is 15.2. The molecule has 4 heterocycles. The molecule has 4 aliphatic rings. The second-order valence-corrected chi connectivity index (χ2v) is 29.2. The summed E-state index contributed by atoms with van der Waals surface area (Å²) in [7, 11) is -6.24. The van der Waals surface area contributed by atoms with E-state index in [1.54, 1.807) is 29.2 Å². The molecule has 0 saturated carbocycles. The van der Waals surface area contributed by atoms with Crippen molar-refractivity contribution in [1.82, 2.24) is 4.90 Å². The number of ether oxygens (including phenoxy) is 5. The van der Waals surface area contributed by atoms with Crippen molar-refractivity contribution in [3.63, 3.8) is 0 Å². The summed E-state index contributed by atoms with van der Waals surface area (Å²) in [5.41, 5.74) is 0.643. The van der Waals surface area contributed by atoms with Gasteiger partial charge in [0.2, 0.25) is 0 Å². The van der Waals surface area contributed by atoms with Crippen LogP contribution in [0.1, 0.15) is 121 Å². The number of nitrogens with zero attached hydrogens (tertiary/aromatic N) is 1. The maximum atomic E-state index is 14.0. The minimum atomic E-state index is -3.63. The van der Waals surface area contributed by atoms with Gasteiger partial charge >= 0.3 is 6.09 Å². The van der Waals surface area contributed by atoms with Gasteiger partial charge < -0.3 is 28.1 Å². The van der Waals surface area contributed by atoms with Gasteiger partial charge in [-0.3, -0.25) is 4.90 Å². The second-order valence-electron chi connectivity index (χ2n) is 22.9. The van der Waals surface area contributed by atoms with Crippen LogP contribution in [0.25, 0.3) is 0 Å². The summed E-state index contributed by atoms with van der Waals surface area (Å²) >= 11 is 0. The quantitative estimate of drug-likeness (QED) is 0.0742. The standard InChI is InChI=1S/C57H81NO9SSi/c1-39-33-44(30-31-50-40(2)34-43(63-50)23-22-32-62-69(56(8,9)10,47-26-18-14-19-27-47)48-28-20-15-21-29-48)64-52(41(39)3)36-53-49(38-68(60,61)46-24-16-13-17-25-46)42(4)51(65-53)35-45-37-58(57(11,12)66-45)54(59)67-55(5,6)7/h13-21,24-29,39,42-45,49-53H,2-3,22-23,30-38H2,1,4-12H3/t39-,42-,43+,44+,45+,49-,50?,51?,52-,53+/m1/s1. The number of amides is 1. The third kappa shape index (κ3) is 12.5. The van der Waals surface area contributed by atoms with Crippen LogP contribution in [0.15, 0.2) is 120 Å². The average Bonchev–Trinajstić information content (AvgIpc) is 3.90. The van der Waals surface area contributed by atoms with E-state index in [1.807, 2.05) is 40.7 Å². The van der Waals surface area contributed by atoms with Crippen LogP contribution in [-0.2, 0) is 37.9 Å². The molecule has 4 fully saturated rings. The smallest absolute Gasteiger partial charge is 0.412 e. The topological polar surface area (TPSA) is 110 Å². The van der Waals surface area contributed by atoms with Gasteiger partial charge in [-0.05, 0) is 124 Å². The van der Waals surface area contributed by atoms with Crippen LogP contribution in [0.3, 0.4) is 0 Å². The van der Waals surface area contributed by atoms with E-state index in [2.05, 4.69) is 108 Å². The Balaban J connectivity index is 0.969. The summed E-state index contributed by atoms with van der Waals surface area (Å²) in [6.45, 7) is 30.6. The molecule has 12 heteroatoms. The molecule has 4 aliphatic heterocycles. The molecule has 4 saturated heterocycles. The lowest BCUT2D eigenvalue weighted by Crippen LogP contribution is -2.66. The second kappa shape index (κ2) is 21.6. The number of sulfone groups is 1. The van der Waals surface area contributed by atoms with Crippen LogP contribution >= 0.6 is 0 Å². The van der Waals surface area contributed by atoms with Crippen LogP contribution in [0, 0.1) is 17.8 Å². The van der Waals surface area contributed by atoms with E-state index in [0.29, 0.717) is 30.9 Å². The number of rotatable bonds is 17. The predicted molar refractivity (Wildman–Crippen MR) is 277 cm³/mol. The molecule has 0 aliphatic carbocycles. The van der Waals surface area contributed by atoms with Crippen molar-refractivity contribution in [3.8, 4) is 0 Å². The number of hydrogen-bond acceptors (Lipinski definition) is 9. The number of carbonyl (C=O) groups is 1. The fourth-order valence-electron chi connectivity index (χ4n) is 11.4. The van der Waals surface area contributed by atoms with Crippen molar-refractivity contribution >= 4 is 34.6 Å². The van der Waals surface area contributed by atoms with E-state index in [4.69, 9.17) is 28.1 Å². The molecule has 7 rings (SSSR count). The van der Waals surface area contributed by atoms with Crippen LogP contribution < -0.4 is 10.4 Å². The summed E-state index contributed by atoms with van der Waals surface area (Å²) in [5, 5.41) is 2.51. The zero-order valence-corrected chi connectivity index (χ0v) is 45.0. The van der Waals surface area contributed by atoms with Crippen LogP contribution in [-0.4, -0.2) is 101 Å². The fourth-order valence-corrected chi connectivity index (χ4v) is 17.8. The van der Waals surface area contributed by atoms with Gasteiger partial charge in [-0.1, -0.05) is 127 Å². The van der Waals surface area contributed by atoms with Crippen molar-refractivity contribution in [3.05, 3.63) is 115 Å². The van der Waals surface area contributed by atoms with Crippen molar-refractivity contribution < 1.29 is 41.3 Å². The van der Waals surface area contributed by atoms with Gasteiger partial charge in [-0.15, -0.1) is 0 Å². The van der Waals surface area contributed by atoms with Gasteiger partial charge in [0, 0.05) is 25.4 Å².